The zero-order valence-electron chi connectivity index (χ0n) is 11.9. The number of nitrogens with one attached hydrogen (secondary N) is 1. The fourth-order valence-electron chi connectivity index (χ4n) is 2.28. The van der Waals surface area contributed by atoms with E-state index in [0.29, 0.717) is 16.5 Å². The molecule has 0 bridgehead atoms. The van der Waals surface area contributed by atoms with E-state index < -0.39 is 0 Å². The molecule has 0 amide bonds. The Hall–Kier alpha value is -1.22. The Balaban J connectivity index is 2.14. The Morgan fingerprint density at radius 1 is 1.10 bits per heavy atom. The summed E-state index contributed by atoms with van der Waals surface area (Å²) in [6.45, 7) is 2.29. The molecule has 0 saturated carbocycles. The molecule has 0 fully saturated rings. The molecule has 2 rings (SSSR count). The number of aliphatic hydroxyl groups excluding tert-OH is 1. The Bertz CT molecular complexity index is 584. The number of benzene rings is 2. The van der Waals surface area contributed by atoms with Gasteiger partial charge in [0.05, 0.1) is 6.04 Å². The molecule has 2 aromatic carbocycles. The van der Waals surface area contributed by atoms with Gasteiger partial charge >= 0.3 is 0 Å². The maximum Gasteiger partial charge on any atom is 0.0525 e. The monoisotopic (exact) mass is 323 g/mol. The second-order valence-electron chi connectivity index (χ2n) is 4.94. The highest BCUT2D eigenvalue weighted by Crippen LogP contribution is 2.30. The fraction of sp³-hybridized carbons (Fsp3) is 0.294. The standard InChI is InChI=1S/C17H19Cl2NO/c1-2-17(15-8-5-13(18)11-16(15)19)20-14-6-3-12(4-7-14)9-10-21/h3-8,11,17,20-21H,2,9-10H2,1H3. The first-order valence-corrected chi connectivity index (χ1v) is 7.81. The Morgan fingerprint density at radius 3 is 2.38 bits per heavy atom. The summed E-state index contributed by atoms with van der Waals surface area (Å²) < 4.78 is 0. The van der Waals surface area contributed by atoms with Crippen LogP contribution in [-0.2, 0) is 6.42 Å². The predicted octanol–water partition coefficient (Wildman–Crippen LogP) is 5.09. The molecule has 2 aromatic rings. The van der Waals surface area contributed by atoms with Crippen LogP contribution < -0.4 is 5.32 Å². The molecule has 4 heteroatoms. The molecule has 21 heavy (non-hydrogen) atoms. The van der Waals surface area contributed by atoms with Crippen LogP contribution in [0.4, 0.5) is 5.69 Å². The van der Waals surface area contributed by atoms with E-state index in [9.17, 15) is 0 Å². The van der Waals surface area contributed by atoms with Crippen molar-refractivity contribution in [2.75, 3.05) is 11.9 Å². The molecule has 0 aliphatic heterocycles. The summed E-state index contributed by atoms with van der Waals surface area (Å²) in [5.41, 5.74) is 3.21. The van der Waals surface area contributed by atoms with Crippen molar-refractivity contribution in [3.63, 3.8) is 0 Å². The minimum atomic E-state index is 0.137. The third kappa shape index (κ3) is 4.37. The van der Waals surface area contributed by atoms with Crippen LogP contribution in [0.2, 0.25) is 10.0 Å². The number of rotatable bonds is 6. The van der Waals surface area contributed by atoms with E-state index >= 15 is 0 Å². The molecule has 0 aliphatic carbocycles. The normalized spacial score (nSPS) is 12.2. The van der Waals surface area contributed by atoms with Crippen LogP contribution in [0, 0.1) is 0 Å². The van der Waals surface area contributed by atoms with E-state index in [-0.39, 0.29) is 12.6 Å². The van der Waals surface area contributed by atoms with Crippen molar-refractivity contribution in [2.24, 2.45) is 0 Å². The summed E-state index contributed by atoms with van der Waals surface area (Å²) in [4.78, 5) is 0. The predicted molar refractivity (Wildman–Crippen MR) is 90.3 cm³/mol. The van der Waals surface area contributed by atoms with Crippen molar-refractivity contribution in [1.82, 2.24) is 0 Å². The molecule has 1 unspecified atom stereocenters. The van der Waals surface area contributed by atoms with Crippen LogP contribution in [0.1, 0.15) is 30.5 Å². The third-order valence-corrected chi connectivity index (χ3v) is 4.00. The third-order valence-electron chi connectivity index (χ3n) is 3.44. The van der Waals surface area contributed by atoms with E-state index in [4.69, 9.17) is 28.3 Å². The minimum absolute atomic E-state index is 0.137. The highest BCUT2D eigenvalue weighted by Gasteiger charge is 2.13. The van der Waals surface area contributed by atoms with Crippen LogP contribution in [0.15, 0.2) is 42.5 Å². The molecule has 2 N–H and O–H groups in total. The van der Waals surface area contributed by atoms with Gasteiger partial charge in [-0.2, -0.15) is 0 Å². The Morgan fingerprint density at radius 2 is 1.81 bits per heavy atom. The summed E-state index contributed by atoms with van der Waals surface area (Å²) in [5.74, 6) is 0. The molecular weight excluding hydrogens is 305 g/mol. The largest absolute Gasteiger partial charge is 0.396 e. The Labute approximate surface area is 135 Å². The van der Waals surface area contributed by atoms with Gasteiger partial charge < -0.3 is 10.4 Å². The second kappa shape index (κ2) is 7.69. The van der Waals surface area contributed by atoms with E-state index in [1.165, 1.54) is 0 Å². The quantitative estimate of drug-likeness (QED) is 0.775. The van der Waals surface area contributed by atoms with Crippen LogP contribution >= 0.6 is 23.2 Å². The molecule has 0 radical (unpaired) electrons. The van der Waals surface area contributed by atoms with Crippen LogP contribution in [0.25, 0.3) is 0 Å². The molecule has 0 saturated heterocycles. The van der Waals surface area contributed by atoms with Crippen LogP contribution in [0.3, 0.4) is 0 Å². The first-order valence-electron chi connectivity index (χ1n) is 7.05. The molecule has 112 valence electrons. The average Bonchev–Trinajstić information content (AvgIpc) is 2.47. The highest BCUT2D eigenvalue weighted by atomic mass is 35.5. The van der Waals surface area contributed by atoms with Gasteiger partial charge in [-0.25, -0.2) is 0 Å². The van der Waals surface area contributed by atoms with Gasteiger partial charge in [0.1, 0.15) is 0 Å². The SMILES string of the molecule is CCC(Nc1ccc(CCO)cc1)c1ccc(Cl)cc1Cl. The van der Waals surface area contributed by atoms with Crippen molar-refractivity contribution in [2.45, 2.75) is 25.8 Å². The summed E-state index contributed by atoms with van der Waals surface area (Å²) in [7, 11) is 0. The highest BCUT2D eigenvalue weighted by molar-refractivity contribution is 6.35. The van der Waals surface area contributed by atoms with Gasteiger partial charge in [0, 0.05) is 22.3 Å². The Kier molecular flexibility index (Phi) is 5.92. The zero-order chi connectivity index (χ0) is 15.2. The second-order valence-corrected chi connectivity index (χ2v) is 5.79. The molecule has 1 atom stereocenters. The van der Waals surface area contributed by atoms with Crippen molar-refractivity contribution in [3.05, 3.63) is 63.6 Å². The lowest BCUT2D eigenvalue weighted by Crippen LogP contribution is -2.10. The topological polar surface area (TPSA) is 32.3 Å². The lowest BCUT2D eigenvalue weighted by atomic mass is 10.0. The van der Waals surface area contributed by atoms with Gasteiger partial charge in [0.25, 0.3) is 0 Å². The number of hydrogen-bond acceptors (Lipinski definition) is 2. The van der Waals surface area contributed by atoms with Gasteiger partial charge in [-0.3, -0.25) is 0 Å². The maximum absolute atomic E-state index is 8.93. The number of halogens is 2. The average molecular weight is 324 g/mol. The molecule has 0 aliphatic rings. The van der Waals surface area contributed by atoms with Crippen LogP contribution in [0.5, 0.6) is 0 Å². The molecule has 0 spiro atoms. The van der Waals surface area contributed by atoms with E-state index in [1.807, 2.05) is 36.4 Å². The number of anilines is 1. The number of hydrogen-bond donors (Lipinski definition) is 2. The zero-order valence-corrected chi connectivity index (χ0v) is 13.5. The molecule has 0 heterocycles. The summed E-state index contributed by atoms with van der Waals surface area (Å²) in [5, 5.41) is 13.7. The van der Waals surface area contributed by atoms with E-state index in [1.54, 1.807) is 6.07 Å². The fourth-order valence-corrected chi connectivity index (χ4v) is 2.82. The summed E-state index contributed by atoms with van der Waals surface area (Å²) in [6, 6.07) is 13.8. The van der Waals surface area contributed by atoms with Crippen LogP contribution in [-0.4, -0.2) is 11.7 Å². The first-order chi connectivity index (χ1) is 10.1. The number of aliphatic hydroxyl groups is 1. The van der Waals surface area contributed by atoms with Crippen molar-refractivity contribution in [1.29, 1.82) is 0 Å². The van der Waals surface area contributed by atoms with Gasteiger partial charge in [0.15, 0.2) is 0 Å². The molecule has 2 nitrogen and oxygen atoms in total. The summed E-state index contributed by atoms with van der Waals surface area (Å²) in [6.07, 6.45) is 1.60. The van der Waals surface area contributed by atoms with Gasteiger partial charge in [-0.1, -0.05) is 48.3 Å². The van der Waals surface area contributed by atoms with Gasteiger partial charge in [0.2, 0.25) is 0 Å². The lowest BCUT2D eigenvalue weighted by Gasteiger charge is -2.20. The maximum atomic E-state index is 8.93. The van der Waals surface area contributed by atoms with E-state index in [0.717, 1.165) is 23.2 Å². The minimum Gasteiger partial charge on any atom is -0.396 e. The van der Waals surface area contributed by atoms with Crippen molar-refractivity contribution < 1.29 is 5.11 Å². The first kappa shape index (κ1) is 16.2. The molecule has 0 aromatic heterocycles. The summed E-state index contributed by atoms with van der Waals surface area (Å²) >= 11 is 12.2. The smallest absolute Gasteiger partial charge is 0.0525 e. The van der Waals surface area contributed by atoms with Crippen molar-refractivity contribution in [3.8, 4) is 0 Å². The molecular formula is C17H19Cl2NO. The van der Waals surface area contributed by atoms with E-state index in [2.05, 4.69) is 12.2 Å². The lowest BCUT2D eigenvalue weighted by molar-refractivity contribution is 0.299. The van der Waals surface area contributed by atoms with Crippen molar-refractivity contribution >= 4 is 28.9 Å². The van der Waals surface area contributed by atoms with Gasteiger partial charge in [-0.15, -0.1) is 0 Å². The van der Waals surface area contributed by atoms with Gasteiger partial charge in [-0.05, 0) is 48.2 Å².